The molecule has 2 heterocycles. The fourth-order valence-electron chi connectivity index (χ4n) is 3.18. The van der Waals surface area contributed by atoms with Gasteiger partial charge < -0.3 is 18.8 Å². The molecule has 0 N–H and O–H groups in total. The normalized spacial score (nSPS) is 13.4. The van der Waals surface area contributed by atoms with Gasteiger partial charge in [-0.2, -0.15) is 4.99 Å². The minimum atomic E-state index is -0.295. The van der Waals surface area contributed by atoms with Crippen LogP contribution in [0.2, 0.25) is 0 Å². The Morgan fingerprint density at radius 1 is 1.23 bits per heavy atom. The van der Waals surface area contributed by atoms with Gasteiger partial charge in [0.15, 0.2) is 16.3 Å². The number of aromatic nitrogens is 1. The zero-order valence-corrected chi connectivity index (χ0v) is 17.7. The molecule has 1 amide bonds. The number of unbranched alkanes of at least 4 members (excludes halogenated alkanes) is 1. The summed E-state index contributed by atoms with van der Waals surface area (Å²) in [6.07, 6.45) is 3.87. The fourth-order valence-corrected chi connectivity index (χ4v) is 4.22. The average Bonchev–Trinajstić information content (AvgIpc) is 3.09. The van der Waals surface area contributed by atoms with Crippen LogP contribution in [-0.4, -0.2) is 30.3 Å². The highest BCUT2D eigenvalue weighted by molar-refractivity contribution is 7.16. The van der Waals surface area contributed by atoms with Gasteiger partial charge in [0.05, 0.1) is 16.8 Å². The molecule has 4 rings (SSSR count). The van der Waals surface area contributed by atoms with E-state index in [1.54, 1.807) is 18.2 Å². The summed E-state index contributed by atoms with van der Waals surface area (Å²) in [4.78, 5) is 17.8. The first-order valence-corrected chi connectivity index (χ1v) is 10.9. The summed E-state index contributed by atoms with van der Waals surface area (Å²) in [6, 6.07) is 11.0. The van der Waals surface area contributed by atoms with Crippen LogP contribution in [0.4, 0.5) is 0 Å². The first kappa shape index (κ1) is 20.2. The molecule has 1 aliphatic rings. The molecule has 6 nitrogen and oxygen atoms in total. The molecular weight excluding hydrogens is 400 g/mol. The smallest absolute Gasteiger partial charge is 0.279 e. The Hall–Kier alpha value is -3.06. The zero-order chi connectivity index (χ0) is 20.9. The number of allylic oxidation sites excluding steroid dienone is 1. The Morgan fingerprint density at radius 2 is 1.97 bits per heavy atom. The Morgan fingerprint density at radius 3 is 2.67 bits per heavy atom. The minimum Gasteiger partial charge on any atom is -0.494 e. The maximum atomic E-state index is 12.8. The quantitative estimate of drug-likeness (QED) is 0.411. The maximum absolute atomic E-state index is 12.8. The lowest BCUT2D eigenvalue weighted by Gasteiger charge is -2.18. The van der Waals surface area contributed by atoms with Crippen LogP contribution in [0.5, 0.6) is 17.2 Å². The molecule has 0 spiro atoms. The number of carbonyl (C=O) groups is 1. The molecule has 1 aromatic heterocycles. The van der Waals surface area contributed by atoms with Crippen molar-refractivity contribution in [3.8, 4) is 17.2 Å². The summed E-state index contributed by atoms with van der Waals surface area (Å²) in [7, 11) is 0. The zero-order valence-electron chi connectivity index (χ0n) is 16.9. The van der Waals surface area contributed by atoms with Gasteiger partial charge in [-0.25, -0.2) is 0 Å². The number of nitrogens with zero attached hydrogens (tertiary/aromatic N) is 2. The van der Waals surface area contributed by atoms with Crippen LogP contribution in [0.25, 0.3) is 10.2 Å². The molecule has 0 saturated heterocycles. The van der Waals surface area contributed by atoms with Gasteiger partial charge in [0.25, 0.3) is 5.91 Å². The average molecular weight is 425 g/mol. The van der Waals surface area contributed by atoms with Gasteiger partial charge in [-0.15, -0.1) is 6.58 Å². The number of hydrogen-bond donors (Lipinski definition) is 0. The molecule has 0 atom stereocenters. The van der Waals surface area contributed by atoms with Crippen LogP contribution in [0, 0.1) is 0 Å². The van der Waals surface area contributed by atoms with E-state index in [-0.39, 0.29) is 5.91 Å². The van der Waals surface area contributed by atoms with E-state index in [4.69, 9.17) is 14.2 Å². The van der Waals surface area contributed by atoms with E-state index in [0.29, 0.717) is 42.5 Å². The lowest BCUT2D eigenvalue weighted by Crippen LogP contribution is -2.17. The number of amides is 1. The molecule has 2 aromatic carbocycles. The Balaban J connectivity index is 1.66. The Labute approximate surface area is 179 Å². The van der Waals surface area contributed by atoms with Crippen molar-refractivity contribution in [3.05, 3.63) is 59.4 Å². The summed E-state index contributed by atoms with van der Waals surface area (Å²) < 4.78 is 20.0. The highest BCUT2D eigenvalue weighted by Crippen LogP contribution is 2.35. The van der Waals surface area contributed by atoms with Crippen molar-refractivity contribution in [1.29, 1.82) is 0 Å². The van der Waals surface area contributed by atoms with E-state index in [9.17, 15) is 4.79 Å². The van der Waals surface area contributed by atoms with Gasteiger partial charge in [-0.3, -0.25) is 4.79 Å². The number of thiazole rings is 1. The van der Waals surface area contributed by atoms with E-state index < -0.39 is 0 Å². The third kappa shape index (κ3) is 4.26. The number of hydrogen-bond acceptors (Lipinski definition) is 5. The second-order valence-electron chi connectivity index (χ2n) is 6.89. The van der Waals surface area contributed by atoms with Crippen LogP contribution in [0.3, 0.4) is 0 Å². The summed E-state index contributed by atoms with van der Waals surface area (Å²) in [6.45, 7) is 8.23. The molecule has 3 aromatic rings. The third-order valence-corrected chi connectivity index (χ3v) is 5.76. The van der Waals surface area contributed by atoms with Crippen molar-refractivity contribution in [2.75, 3.05) is 19.8 Å². The largest absolute Gasteiger partial charge is 0.494 e. The van der Waals surface area contributed by atoms with Crippen molar-refractivity contribution in [1.82, 2.24) is 4.57 Å². The molecule has 0 saturated carbocycles. The molecule has 30 heavy (non-hydrogen) atoms. The van der Waals surface area contributed by atoms with Crippen LogP contribution in [0.1, 0.15) is 30.1 Å². The van der Waals surface area contributed by atoms with E-state index in [0.717, 1.165) is 34.6 Å². The fraction of sp³-hybridized carbons (Fsp3) is 0.304. The standard InChI is InChI=1S/C23H24N2O4S/c1-3-5-11-27-17-8-6-16(7-9-17)22(26)24-23-25(10-4-2)18-14-19-20(15-21(18)30-23)29-13-12-28-19/h4,6-9,14-15H,2-3,5,10-13H2,1H3. The van der Waals surface area contributed by atoms with Gasteiger partial charge in [-0.05, 0) is 30.7 Å². The second kappa shape index (κ2) is 9.17. The van der Waals surface area contributed by atoms with Gasteiger partial charge in [-0.1, -0.05) is 30.8 Å². The van der Waals surface area contributed by atoms with E-state index in [2.05, 4.69) is 18.5 Å². The number of ether oxygens (including phenoxy) is 3. The summed E-state index contributed by atoms with van der Waals surface area (Å²) in [5.41, 5.74) is 1.46. The Kier molecular flexibility index (Phi) is 6.18. The topological polar surface area (TPSA) is 62.1 Å². The molecular formula is C23H24N2O4S. The molecule has 1 aliphatic heterocycles. The SMILES string of the molecule is C=CCn1c(=NC(=O)c2ccc(OCCCC)cc2)sc2cc3c(cc21)OCCO3. The lowest BCUT2D eigenvalue weighted by molar-refractivity contribution is 0.0998. The van der Waals surface area contributed by atoms with E-state index in [1.807, 2.05) is 28.8 Å². The molecule has 0 aliphatic carbocycles. The van der Waals surface area contributed by atoms with Gasteiger partial charge in [0.2, 0.25) is 0 Å². The number of benzene rings is 2. The summed E-state index contributed by atoms with van der Waals surface area (Å²) >= 11 is 1.44. The number of carbonyl (C=O) groups excluding carboxylic acids is 1. The number of rotatable bonds is 7. The lowest BCUT2D eigenvalue weighted by atomic mass is 10.2. The predicted octanol–water partition coefficient (Wildman–Crippen LogP) is 4.58. The molecule has 0 bridgehead atoms. The summed E-state index contributed by atoms with van der Waals surface area (Å²) in [5.74, 6) is 1.89. The van der Waals surface area contributed by atoms with Crippen LogP contribution in [0.15, 0.2) is 54.0 Å². The molecule has 0 fully saturated rings. The van der Waals surface area contributed by atoms with Crippen LogP contribution >= 0.6 is 11.3 Å². The van der Waals surface area contributed by atoms with Crippen molar-refractivity contribution in [2.45, 2.75) is 26.3 Å². The van der Waals surface area contributed by atoms with Crippen molar-refractivity contribution in [3.63, 3.8) is 0 Å². The minimum absolute atomic E-state index is 0.295. The predicted molar refractivity (Wildman–Crippen MR) is 118 cm³/mol. The number of fused-ring (bicyclic) bond motifs is 2. The molecule has 0 unspecified atom stereocenters. The molecule has 0 radical (unpaired) electrons. The molecule has 7 heteroatoms. The monoisotopic (exact) mass is 424 g/mol. The maximum Gasteiger partial charge on any atom is 0.279 e. The van der Waals surface area contributed by atoms with Crippen molar-refractivity contribution in [2.24, 2.45) is 4.99 Å². The van der Waals surface area contributed by atoms with E-state index >= 15 is 0 Å². The van der Waals surface area contributed by atoms with Crippen molar-refractivity contribution < 1.29 is 19.0 Å². The highest BCUT2D eigenvalue weighted by Gasteiger charge is 2.16. The van der Waals surface area contributed by atoms with Crippen molar-refractivity contribution >= 4 is 27.5 Å². The van der Waals surface area contributed by atoms with Crippen LogP contribution < -0.4 is 19.0 Å². The van der Waals surface area contributed by atoms with Crippen LogP contribution in [-0.2, 0) is 6.54 Å². The van der Waals surface area contributed by atoms with E-state index in [1.165, 1.54) is 11.3 Å². The summed E-state index contributed by atoms with van der Waals surface area (Å²) in [5, 5.41) is 0. The second-order valence-corrected chi connectivity index (χ2v) is 7.90. The van der Waals surface area contributed by atoms with Gasteiger partial charge in [0, 0.05) is 24.2 Å². The Bertz CT molecular complexity index is 1130. The van der Waals surface area contributed by atoms with Gasteiger partial charge in [0.1, 0.15) is 19.0 Å². The first-order chi connectivity index (χ1) is 14.7. The third-order valence-electron chi connectivity index (χ3n) is 4.72. The molecule has 156 valence electrons. The first-order valence-electron chi connectivity index (χ1n) is 10.1. The highest BCUT2D eigenvalue weighted by atomic mass is 32.1. The van der Waals surface area contributed by atoms with Gasteiger partial charge >= 0.3 is 0 Å².